The van der Waals surface area contributed by atoms with Gasteiger partial charge >= 0.3 is 5.69 Å². The predicted molar refractivity (Wildman–Crippen MR) is 72.6 cm³/mol. The van der Waals surface area contributed by atoms with Crippen LogP contribution in [-0.2, 0) is 17.8 Å². The molecule has 19 heavy (non-hydrogen) atoms. The Hall–Kier alpha value is -1.56. The average molecular weight is 270 g/mol. The molecule has 6 nitrogen and oxygen atoms in total. The molecule has 0 amide bonds. The van der Waals surface area contributed by atoms with Gasteiger partial charge in [0.15, 0.2) is 0 Å². The summed E-state index contributed by atoms with van der Waals surface area (Å²) in [7, 11) is 0. The lowest BCUT2D eigenvalue weighted by molar-refractivity contribution is 0.0712. The first-order valence-corrected chi connectivity index (χ1v) is 6.62. The van der Waals surface area contributed by atoms with Crippen LogP contribution in [0.3, 0.4) is 0 Å². The first-order chi connectivity index (χ1) is 8.97. The van der Waals surface area contributed by atoms with Crippen LogP contribution in [0.25, 0.3) is 0 Å². The Morgan fingerprint density at radius 2 is 1.95 bits per heavy atom. The zero-order valence-corrected chi connectivity index (χ0v) is 11.8. The molecule has 0 spiro atoms. The number of rotatable bonds is 7. The van der Waals surface area contributed by atoms with Crippen LogP contribution in [-0.4, -0.2) is 27.0 Å². The third-order valence-electron chi connectivity index (χ3n) is 2.76. The molecule has 0 aliphatic rings. The second-order valence-electron chi connectivity index (χ2n) is 4.70. The van der Waals surface area contributed by atoms with Gasteiger partial charge in [0.2, 0.25) is 5.88 Å². The van der Waals surface area contributed by atoms with E-state index >= 15 is 0 Å². The van der Waals surface area contributed by atoms with E-state index in [0.717, 1.165) is 23.5 Å². The zero-order chi connectivity index (χ0) is 14.4. The van der Waals surface area contributed by atoms with E-state index in [1.807, 2.05) is 20.8 Å². The highest BCUT2D eigenvalue weighted by Crippen LogP contribution is 2.03. The second-order valence-corrected chi connectivity index (χ2v) is 4.70. The summed E-state index contributed by atoms with van der Waals surface area (Å²) >= 11 is 0. The normalized spacial score (nSPS) is 11.2. The molecule has 0 fully saturated rings. The predicted octanol–water partition coefficient (Wildman–Crippen LogP) is 0.941. The quantitative estimate of drug-likeness (QED) is 0.800. The van der Waals surface area contributed by atoms with Crippen molar-refractivity contribution in [1.82, 2.24) is 9.13 Å². The van der Waals surface area contributed by atoms with Gasteiger partial charge in [0.05, 0.1) is 25.3 Å². The summed E-state index contributed by atoms with van der Waals surface area (Å²) in [5.74, 6) is -0.274. The van der Waals surface area contributed by atoms with E-state index in [1.54, 1.807) is 0 Å². The van der Waals surface area contributed by atoms with Gasteiger partial charge in [-0.15, -0.1) is 0 Å². The molecule has 0 saturated carbocycles. The highest BCUT2D eigenvalue weighted by atomic mass is 16.5. The van der Waals surface area contributed by atoms with E-state index in [-0.39, 0.29) is 18.5 Å². The second kappa shape index (κ2) is 7.13. The van der Waals surface area contributed by atoms with Crippen molar-refractivity contribution in [3.8, 4) is 5.88 Å². The summed E-state index contributed by atoms with van der Waals surface area (Å²) in [4.78, 5) is 23.8. The van der Waals surface area contributed by atoms with E-state index in [9.17, 15) is 14.7 Å². The summed E-state index contributed by atoms with van der Waals surface area (Å²) in [5.41, 5.74) is -0.978. The van der Waals surface area contributed by atoms with E-state index in [1.165, 1.54) is 4.57 Å². The number of hydrogen-bond acceptors (Lipinski definition) is 4. The third-order valence-corrected chi connectivity index (χ3v) is 2.76. The number of nitrogens with zero attached hydrogens (tertiary/aromatic N) is 2. The Balaban J connectivity index is 2.97. The molecule has 1 heterocycles. The number of unbranched alkanes of at least 4 members (excludes halogenated alkanes) is 1. The van der Waals surface area contributed by atoms with Crippen LogP contribution in [0.15, 0.2) is 15.7 Å². The van der Waals surface area contributed by atoms with Gasteiger partial charge in [-0.3, -0.25) is 13.9 Å². The van der Waals surface area contributed by atoms with Gasteiger partial charge in [-0.1, -0.05) is 13.3 Å². The Morgan fingerprint density at radius 1 is 1.26 bits per heavy atom. The number of hydrogen-bond donors (Lipinski definition) is 1. The highest BCUT2D eigenvalue weighted by molar-refractivity contribution is 5.07. The van der Waals surface area contributed by atoms with Crippen LogP contribution in [0.1, 0.15) is 33.6 Å². The van der Waals surface area contributed by atoms with Gasteiger partial charge in [-0.25, -0.2) is 4.79 Å². The Bertz CT molecular complexity index is 516. The third kappa shape index (κ3) is 4.24. The van der Waals surface area contributed by atoms with Crippen molar-refractivity contribution in [3.05, 3.63) is 26.9 Å². The maximum atomic E-state index is 12.1. The Labute approximate surface area is 112 Å². The Morgan fingerprint density at radius 3 is 2.53 bits per heavy atom. The molecule has 0 radical (unpaired) electrons. The lowest BCUT2D eigenvalue weighted by Crippen LogP contribution is -2.40. The minimum absolute atomic E-state index is 0.0510. The molecule has 1 N–H and O–H groups in total. The average Bonchev–Trinajstić information content (AvgIpc) is 2.32. The lowest BCUT2D eigenvalue weighted by atomic mass is 10.3. The van der Waals surface area contributed by atoms with Crippen molar-refractivity contribution in [2.24, 2.45) is 0 Å². The van der Waals surface area contributed by atoms with Gasteiger partial charge in [-0.2, -0.15) is 0 Å². The van der Waals surface area contributed by atoms with Crippen molar-refractivity contribution in [2.75, 3.05) is 6.61 Å². The summed E-state index contributed by atoms with van der Waals surface area (Å²) in [6.45, 7) is 6.67. The molecule has 0 bridgehead atoms. The molecular weight excluding hydrogens is 248 g/mol. The van der Waals surface area contributed by atoms with Crippen molar-refractivity contribution in [3.63, 3.8) is 0 Å². The zero-order valence-electron chi connectivity index (χ0n) is 11.8. The molecule has 0 aliphatic carbocycles. The van der Waals surface area contributed by atoms with Gasteiger partial charge in [0, 0.05) is 6.54 Å². The number of aromatic hydroxyl groups is 1. The van der Waals surface area contributed by atoms with Crippen LogP contribution in [0.2, 0.25) is 0 Å². The molecule has 0 aliphatic heterocycles. The lowest BCUT2D eigenvalue weighted by Gasteiger charge is -2.12. The van der Waals surface area contributed by atoms with Crippen LogP contribution in [0.4, 0.5) is 0 Å². The summed E-state index contributed by atoms with van der Waals surface area (Å²) in [5, 5.41) is 9.66. The SMILES string of the molecule is CCCCn1c(O)cc(=O)n(CCOC(C)C)c1=O. The fourth-order valence-corrected chi connectivity index (χ4v) is 1.72. The molecule has 6 heteroatoms. The molecule has 0 atom stereocenters. The molecule has 0 aromatic carbocycles. The van der Waals surface area contributed by atoms with Crippen LogP contribution < -0.4 is 11.2 Å². The molecule has 1 aromatic rings. The fourth-order valence-electron chi connectivity index (χ4n) is 1.72. The Kier molecular flexibility index (Phi) is 5.82. The van der Waals surface area contributed by atoms with Crippen LogP contribution in [0.5, 0.6) is 5.88 Å². The highest BCUT2D eigenvalue weighted by Gasteiger charge is 2.10. The summed E-state index contributed by atoms with van der Waals surface area (Å²) in [6, 6.07) is 1.08. The van der Waals surface area contributed by atoms with Crippen LogP contribution >= 0.6 is 0 Å². The number of aromatic nitrogens is 2. The molecule has 0 saturated heterocycles. The van der Waals surface area contributed by atoms with Gasteiger partial charge in [-0.05, 0) is 20.3 Å². The minimum Gasteiger partial charge on any atom is -0.494 e. The topological polar surface area (TPSA) is 73.5 Å². The first-order valence-electron chi connectivity index (χ1n) is 6.62. The summed E-state index contributed by atoms with van der Waals surface area (Å²) < 4.78 is 7.65. The van der Waals surface area contributed by atoms with E-state index in [4.69, 9.17) is 4.74 Å². The monoisotopic (exact) mass is 270 g/mol. The van der Waals surface area contributed by atoms with Crippen LogP contribution in [0, 0.1) is 0 Å². The van der Waals surface area contributed by atoms with Gasteiger partial charge in [0.1, 0.15) is 0 Å². The van der Waals surface area contributed by atoms with Crippen molar-refractivity contribution in [2.45, 2.75) is 52.8 Å². The van der Waals surface area contributed by atoms with E-state index < -0.39 is 11.2 Å². The van der Waals surface area contributed by atoms with Crippen molar-refractivity contribution in [1.29, 1.82) is 0 Å². The molecular formula is C13H22N2O4. The molecule has 1 aromatic heterocycles. The van der Waals surface area contributed by atoms with E-state index in [0.29, 0.717) is 13.2 Å². The minimum atomic E-state index is -0.498. The molecule has 0 unspecified atom stereocenters. The largest absolute Gasteiger partial charge is 0.494 e. The van der Waals surface area contributed by atoms with Gasteiger partial charge in [0.25, 0.3) is 5.56 Å². The first kappa shape index (κ1) is 15.5. The standard InChI is InChI=1S/C13H22N2O4/c1-4-5-6-14-11(16)9-12(17)15(13(14)18)7-8-19-10(2)3/h9-10,16H,4-8H2,1-3H3. The van der Waals surface area contributed by atoms with Gasteiger partial charge < -0.3 is 9.84 Å². The maximum Gasteiger partial charge on any atom is 0.333 e. The van der Waals surface area contributed by atoms with Crippen molar-refractivity contribution >= 4 is 0 Å². The fraction of sp³-hybridized carbons (Fsp3) is 0.692. The smallest absolute Gasteiger partial charge is 0.333 e. The molecule has 1 rings (SSSR count). The summed E-state index contributed by atoms with van der Waals surface area (Å²) in [6.07, 6.45) is 1.73. The maximum absolute atomic E-state index is 12.1. The van der Waals surface area contributed by atoms with Crippen molar-refractivity contribution < 1.29 is 9.84 Å². The molecule has 108 valence electrons. The van der Waals surface area contributed by atoms with E-state index in [2.05, 4.69) is 0 Å². The number of ether oxygens (including phenoxy) is 1.